The predicted octanol–water partition coefficient (Wildman–Crippen LogP) is 1.75. The Kier molecular flexibility index (Phi) is 5.12. The molecule has 0 radical (unpaired) electrons. The Labute approximate surface area is 138 Å². The van der Waals surface area contributed by atoms with Crippen LogP contribution >= 0.6 is 11.6 Å². The van der Waals surface area contributed by atoms with Gasteiger partial charge in [0, 0.05) is 0 Å². The van der Waals surface area contributed by atoms with Gasteiger partial charge in [0.2, 0.25) is 0 Å². The highest BCUT2D eigenvalue weighted by Crippen LogP contribution is 2.39. The van der Waals surface area contributed by atoms with Gasteiger partial charge in [0.05, 0.1) is 32.1 Å². The van der Waals surface area contributed by atoms with Crippen molar-refractivity contribution in [1.29, 1.82) is 0 Å². The number of aromatic hydroxyl groups is 1. The molecule has 0 atom stereocenters. The van der Waals surface area contributed by atoms with E-state index in [-0.39, 0.29) is 35.4 Å². The first kappa shape index (κ1) is 17.1. The molecule has 1 aliphatic heterocycles. The summed E-state index contributed by atoms with van der Waals surface area (Å²) in [6.07, 6.45) is 0. The molecule has 0 saturated carbocycles. The van der Waals surface area contributed by atoms with Gasteiger partial charge in [-0.1, -0.05) is 17.7 Å². The summed E-state index contributed by atoms with van der Waals surface area (Å²) in [4.78, 5) is 25.4. The molecule has 0 fully saturated rings. The molecule has 1 heterocycles. The molecule has 1 aliphatic rings. The van der Waals surface area contributed by atoms with Crippen molar-refractivity contribution in [2.75, 3.05) is 32.5 Å². The molecule has 0 aromatic heterocycles. The van der Waals surface area contributed by atoms with Crippen LogP contribution in [0.5, 0.6) is 5.75 Å². The lowest BCUT2D eigenvalue weighted by Gasteiger charge is -2.32. The number of hydrogen-bond donors (Lipinski definition) is 1. The number of rotatable bonds is 3. The summed E-state index contributed by atoms with van der Waals surface area (Å²) in [5, 5.41) is 10.0. The smallest absolute Gasteiger partial charge is 0.355 e. The lowest BCUT2D eigenvalue weighted by molar-refractivity contribution is -0.140. The van der Waals surface area contributed by atoms with E-state index < -0.39 is 11.9 Å². The molecule has 7 nitrogen and oxygen atoms in total. The molecule has 23 heavy (non-hydrogen) atoms. The maximum Gasteiger partial charge on any atom is 0.355 e. The third-order valence-corrected chi connectivity index (χ3v) is 3.79. The number of carbonyl (C=O) groups is 2. The van der Waals surface area contributed by atoms with Gasteiger partial charge in [0.15, 0.2) is 0 Å². The molecule has 1 aromatic rings. The Balaban J connectivity index is 2.62. The van der Waals surface area contributed by atoms with Crippen LogP contribution in [0.25, 0.3) is 0 Å². The quantitative estimate of drug-likeness (QED) is 0.838. The van der Waals surface area contributed by atoms with E-state index in [1.54, 1.807) is 19.1 Å². The fraction of sp³-hybridized carbons (Fsp3) is 0.333. The van der Waals surface area contributed by atoms with E-state index in [1.807, 2.05) is 0 Å². The number of aryl methyl sites for hydroxylation is 1. The lowest BCUT2D eigenvalue weighted by atomic mass is 10.1. The molecule has 0 aliphatic carbocycles. The third-order valence-electron chi connectivity index (χ3n) is 3.42. The van der Waals surface area contributed by atoms with Crippen LogP contribution in [0.2, 0.25) is 5.02 Å². The fourth-order valence-electron chi connectivity index (χ4n) is 2.19. The van der Waals surface area contributed by atoms with Crippen molar-refractivity contribution in [2.24, 2.45) is 0 Å². The number of benzene rings is 1. The number of phenolic OH excluding ortho intramolecular Hbond substituents is 1. The fourth-order valence-corrected chi connectivity index (χ4v) is 2.51. The van der Waals surface area contributed by atoms with Gasteiger partial charge in [-0.2, -0.15) is 0 Å². The normalized spacial score (nSPS) is 14.7. The second-order valence-electron chi connectivity index (χ2n) is 4.78. The molecular formula is C15H16ClNO6. The van der Waals surface area contributed by atoms with Crippen molar-refractivity contribution in [1.82, 2.24) is 0 Å². The van der Waals surface area contributed by atoms with Crippen molar-refractivity contribution < 1.29 is 28.9 Å². The van der Waals surface area contributed by atoms with Crippen LogP contribution in [0.4, 0.5) is 5.69 Å². The maximum absolute atomic E-state index is 12.2. The van der Waals surface area contributed by atoms with E-state index >= 15 is 0 Å². The Hall–Kier alpha value is -2.25. The molecule has 2 rings (SSSR count). The number of ether oxygens (including phenoxy) is 3. The molecule has 0 bridgehead atoms. The predicted molar refractivity (Wildman–Crippen MR) is 82.2 cm³/mol. The first-order chi connectivity index (χ1) is 10.9. The Morgan fingerprint density at radius 3 is 2.52 bits per heavy atom. The van der Waals surface area contributed by atoms with E-state index in [4.69, 9.17) is 21.1 Å². The van der Waals surface area contributed by atoms with Gasteiger partial charge in [-0.3, -0.25) is 0 Å². The minimum atomic E-state index is -0.732. The van der Waals surface area contributed by atoms with Gasteiger partial charge in [-0.15, -0.1) is 0 Å². The minimum Gasteiger partial charge on any atom is -0.506 e. The Morgan fingerprint density at radius 2 is 1.91 bits per heavy atom. The van der Waals surface area contributed by atoms with Crippen molar-refractivity contribution in [2.45, 2.75) is 6.92 Å². The first-order valence-corrected chi connectivity index (χ1v) is 7.03. The largest absolute Gasteiger partial charge is 0.506 e. The topological polar surface area (TPSA) is 85.3 Å². The van der Waals surface area contributed by atoms with Crippen molar-refractivity contribution >= 4 is 29.2 Å². The van der Waals surface area contributed by atoms with Gasteiger partial charge >= 0.3 is 11.9 Å². The van der Waals surface area contributed by atoms with Crippen LogP contribution in [0.3, 0.4) is 0 Å². The Morgan fingerprint density at radius 1 is 1.26 bits per heavy atom. The first-order valence-electron chi connectivity index (χ1n) is 6.65. The molecular weight excluding hydrogens is 326 g/mol. The highest BCUT2D eigenvalue weighted by Gasteiger charge is 2.33. The number of halogens is 1. The van der Waals surface area contributed by atoms with Gasteiger partial charge < -0.3 is 24.2 Å². The average molecular weight is 342 g/mol. The summed E-state index contributed by atoms with van der Waals surface area (Å²) >= 11 is 6.17. The standard InChI is InChI=1S/C15H16ClNO6/c1-8-4-5-10(11(16)13(8)18)17-7-23-6-9(14(19)21-2)12(17)15(20)22-3/h4-5,18H,6-7H2,1-3H3. The van der Waals surface area contributed by atoms with E-state index in [9.17, 15) is 14.7 Å². The molecule has 8 heteroatoms. The van der Waals surface area contributed by atoms with E-state index in [0.29, 0.717) is 11.3 Å². The zero-order chi connectivity index (χ0) is 17.1. The molecule has 0 saturated heterocycles. The number of nitrogens with zero attached hydrogens (tertiary/aromatic N) is 1. The summed E-state index contributed by atoms with van der Waals surface area (Å²) in [5.74, 6) is -1.55. The minimum absolute atomic E-state index is 0.0155. The van der Waals surface area contributed by atoms with Crippen LogP contribution in [-0.2, 0) is 23.8 Å². The van der Waals surface area contributed by atoms with Gasteiger partial charge in [-0.25, -0.2) is 9.59 Å². The van der Waals surface area contributed by atoms with Crippen LogP contribution in [0, 0.1) is 6.92 Å². The number of methoxy groups -OCH3 is 2. The molecule has 1 N–H and O–H groups in total. The molecule has 0 unspecified atom stereocenters. The SMILES string of the molecule is COC(=O)C1=C(C(=O)OC)N(c2ccc(C)c(O)c2Cl)COC1. The number of anilines is 1. The summed E-state index contributed by atoms with van der Waals surface area (Å²) in [5.41, 5.74) is 0.877. The number of carbonyl (C=O) groups excluding carboxylic acids is 2. The highest BCUT2D eigenvalue weighted by molar-refractivity contribution is 6.35. The summed E-state index contributed by atoms with van der Waals surface area (Å²) in [7, 11) is 2.40. The number of hydrogen-bond acceptors (Lipinski definition) is 7. The van der Waals surface area contributed by atoms with E-state index in [2.05, 4.69) is 4.74 Å². The van der Waals surface area contributed by atoms with Gasteiger partial charge in [0.25, 0.3) is 0 Å². The molecule has 1 aromatic carbocycles. The van der Waals surface area contributed by atoms with Crippen molar-refractivity contribution in [3.05, 3.63) is 34.0 Å². The average Bonchev–Trinajstić information content (AvgIpc) is 2.57. The number of esters is 2. The summed E-state index contributed by atoms with van der Waals surface area (Å²) < 4.78 is 14.8. The highest BCUT2D eigenvalue weighted by atomic mass is 35.5. The summed E-state index contributed by atoms with van der Waals surface area (Å²) in [6.45, 7) is 1.56. The van der Waals surface area contributed by atoms with Crippen LogP contribution in [0.1, 0.15) is 5.56 Å². The van der Waals surface area contributed by atoms with Crippen LogP contribution in [0.15, 0.2) is 23.4 Å². The molecule has 124 valence electrons. The second-order valence-corrected chi connectivity index (χ2v) is 5.16. The monoisotopic (exact) mass is 341 g/mol. The van der Waals surface area contributed by atoms with Gasteiger partial charge in [-0.05, 0) is 18.6 Å². The zero-order valence-corrected chi connectivity index (χ0v) is 13.6. The zero-order valence-electron chi connectivity index (χ0n) is 12.9. The van der Waals surface area contributed by atoms with Crippen LogP contribution < -0.4 is 4.90 Å². The van der Waals surface area contributed by atoms with Crippen molar-refractivity contribution in [3.8, 4) is 5.75 Å². The van der Waals surface area contributed by atoms with E-state index in [0.717, 1.165) is 0 Å². The van der Waals surface area contributed by atoms with E-state index in [1.165, 1.54) is 19.1 Å². The van der Waals surface area contributed by atoms with Gasteiger partial charge in [0.1, 0.15) is 23.2 Å². The second kappa shape index (κ2) is 6.89. The summed E-state index contributed by atoms with van der Waals surface area (Å²) in [6, 6.07) is 3.25. The maximum atomic E-state index is 12.2. The van der Waals surface area contributed by atoms with Crippen LogP contribution in [-0.4, -0.2) is 44.6 Å². The lowest BCUT2D eigenvalue weighted by Crippen LogP contribution is -2.39. The molecule has 0 amide bonds. The number of phenols is 1. The van der Waals surface area contributed by atoms with Crippen molar-refractivity contribution in [3.63, 3.8) is 0 Å². The third kappa shape index (κ3) is 3.11. The molecule has 0 spiro atoms. The Bertz CT molecular complexity index is 685.